The Morgan fingerprint density at radius 3 is 2.33 bits per heavy atom. The van der Waals surface area contributed by atoms with E-state index in [2.05, 4.69) is 41.8 Å². The molecule has 2 aliphatic rings. The summed E-state index contributed by atoms with van der Waals surface area (Å²) in [6, 6.07) is 12.3. The SMILES string of the molecule is Cc1cc(C)cc(OCC(O)CN2CCN(Cc3ccc4c(c3)OCO4)CC2)c1.Cl. The van der Waals surface area contributed by atoms with Crippen molar-refractivity contribution in [2.75, 3.05) is 46.1 Å². The summed E-state index contributed by atoms with van der Waals surface area (Å²) in [5, 5.41) is 10.4. The van der Waals surface area contributed by atoms with Crippen molar-refractivity contribution in [3.63, 3.8) is 0 Å². The average molecular weight is 435 g/mol. The molecule has 2 aromatic rings. The van der Waals surface area contributed by atoms with Gasteiger partial charge in [0.2, 0.25) is 6.79 Å². The zero-order valence-corrected chi connectivity index (χ0v) is 18.5. The molecule has 0 radical (unpaired) electrons. The molecule has 0 spiro atoms. The van der Waals surface area contributed by atoms with Gasteiger partial charge in [-0.2, -0.15) is 0 Å². The fourth-order valence-corrected chi connectivity index (χ4v) is 3.99. The molecule has 0 aliphatic carbocycles. The fraction of sp³-hybridized carbons (Fsp3) is 0.478. The van der Waals surface area contributed by atoms with Crippen LogP contribution in [0.1, 0.15) is 16.7 Å². The van der Waals surface area contributed by atoms with E-state index in [9.17, 15) is 5.11 Å². The molecule has 2 heterocycles. The Labute approximate surface area is 184 Å². The number of rotatable bonds is 7. The third-order valence-corrected chi connectivity index (χ3v) is 5.41. The quantitative estimate of drug-likeness (QED) is 0.723. The zero-order valence-electron chi connectivity index (χ0n) is 17.7. The molecule has 164 valence electrons. The molecule has 6 nitrogen and oxygen atoms in total. The van der Waals surface area contributed by atoms with E-state index in [1.165, 1.54) is 16.7 Å². The number of β-amino-alcohol motifs (C(OH)–C–C–N with tert-alkyl or cyclic N) is 1. The molecule has 1 saturated heterocycles. The number of nitrogens with zero attached hydrogens (tertiary/aromatic N) is 2. The lowest BCUT2D eigenvalue weighted by atomic mass is 10.1. The average Bonchev–Trinajstić information content (AvgIpc) is 3.15. The summed E-state index contributed by atoms with van der Waals surface area (Å²) in [7, 11) is 0. The minimum atomic E-state index is -0.490. The van der Waals surface area contributed by atoms with E-state index in [4.69, 9.17) is 14.2 Å². The van der Waals surface area contributed by atoms with E-state index in [-0.39, 0.29) is 12.4 Å². The van der Waals surface area contributed by atoms with E-state index in [0.29, 0.717) is 19.9 Å². The summed E-state index contributed by atoms with van der Waals surface area (Å²) < 4.78 is 16.6. The fourth-order valence-electron chi connectivity index (χ4n) is 3.99. The third-order valence-electron chi connectivity index (χ3n) is 5.41. The van der Waals surface area contributed by atoms with Gasteiger partial charge in [0.1, 0.15) is 18.5 Å². The second kappa shape index (κ2) is 10.4. The Hall–Kier alpha value is -1.99. The molecular weight excluding hydrogens is 404 g/mol. The molecular formula is C23H31ClN2O4. The maximum atomic E-state index is 10.4. The first-order valence-corrected chi connectivity index (χ1v) is 10.3. The van der Waals surface area contributed by atoms with Gasteiger partial charge < -0.3 is 19.3 Å². The monoisotopic (exact) mass is 434 g/mol. The van der Waals surface area contributed by atoms with Crippen molar-refractivity contribution in [2.45, 2.75) is 26.5 Å². The highest BCUT2D eigenvalue weighted by Gasteiger charge is 2.21. The molecule has 2 aromatic carbocycles. The van der Waals surface area contributed by atoms with Crippen LogP contribution in [0.25, 0.3) is 0 Å². The standard InChI is InChI=1S/C23H30N2O4.ClH/c1-17-9-18(2)11-21(10-17)27-15-20(26)14-25-7-5-24(6-8-25)13-19-3-4-22-23(12-19)29-16-28-22;/h3-4,9-12,20,26H,5-8,13-16H2,1-2H3;1H. The number of hydrogen-bond donors (Lipinski definition) is 1. The number of halogens is 1. The number of ether oxygens (including phenoxy) is 3. The zero-order chi connectivity index (χ0) is 20.2. The number of hydrogen-bond acceptors (Lipinski definition) is 6. The molecule has 1 fully saturated rings. The van der Waals surface area contributed by atoms with Crippen molar-refractivity contribution < 1.29 is 19.3 Å². The van der Waals surface area contributed by atoms with Gasteiger partial charge in [-0.1, -0.05) is 12.1 Å². The maximum absolute atomic E-state index is 10.4. The topological polar surface area (TPSA) is 54.4 Å². The summed E-state index contributed by atoms with van der Waals surface area (Å²) in [6.07, 6.45) is -0.490. The Morgan fingerprint density at radius 1 is 0.933 bits per heavy atom. The minimum absolute atomic E-state index is 0. The van der Waals surface area contributed by atoms with E-state index < -0.39 is 6.10 Å². The Bertz CT molecular complexity index is 820. The highest BCUT2D eigenvalue weighted by Crippen LogP contribution is 2.32. The van der Waals surface area contributed by atoms with Crippen LogP contribution in [0.5, 0.6) is 17.2 Å². The van der Waals surface area contributed by atoms with Gasteiger partial charge in [-0.15, -0.1) is 12.4 Å². The second-order valence-corrected chi connectivity index (χ2v) is 8.05. The lowest BCUT2D eigenvalue weighted by molar-refractivity contribution is 0.0446. The normalized spacial score (nSPS) is 17.4. The molecule has 4 rings (SSSR count). The lowest BCUT2D eigenvalue weighted by Gasteiger charge is -2.35. The van der Waals surface area contributed by atoms with Crippen molar-refractivity contribution in [3.8, 4) is 17.2 Å². The van der Waals surface area contributed by atoms with Crippen molar-refractivity contribution in [2.24, 2.45) is 0 Å². The molecule has 2 aliphatic heterocycles. The molecule has 1 unspecified atom stereocenters. The highest BCUT2D eigenvalue weighted by atomic mass is 35.5. The maximum Gasteiger partial charge on any atom is 0.231 e. The summed E-state index contributed by atoms with van der Waals surface area (Å²) in [6.45, 7) is 10.2. The molecule has 0 amide bonds. The van der Waals surface area contributed by atoms with Crippen molar-refractivity contribution in [1.82, 2.24) is 9.80 Å². The summed E-state index contributed by atoms with van der Waals surface area (Å²) in [5.41, 5.74) is 3.59. The van der Waals surface area contributed by atoms with Crippen molar-refractivity contribution in [3.05, 3.63) is 53.1 Å². The van der Waals surface area contributed by atoms with Crippen LogP contribution in [-0.2, 0) is 6.54 Å². The Morgan fingerprint density at radius 2 is 1.60 bits per heavy atom. The smallest absolute Gasteiger partial charge is 0.231 e. The van der Waals surface area contributed by atoms with Gasteiger partial charge in [-0.3, -0.25) is 9.80 Å². The summed E-state index contributed by atoms with van der Waals surface area (Å²) in [5.74, 6) is 2.50. The van der Waals surface area contributed by atoms with Gasteiger partial charge in [0.15, 0.2) is 11.5 Å². The first kappa shape index (κ1) is 22.7. The van der Waals surface area contributed by atoms with Crippen LogP contribution in [0.2, 0.25) is 0 Å². The third kappa shape index (κ3) is 6.01. The predicted octanol–water partition coefficient (Wildman–Crippen LogP) is 3.01. The molecule has 7 heteroatoms. The van der Waals surface area contributed by atoms with E-state index in [0.717, 1.165) is 50.0 Å². The van der Waals surface area contributed by atoms with E-state index >= 15 is 0 Å². The number of fused-ring (bicyclic) bond motifs is 1. The number of aryl methyl sites for hydroxylation is 2. The first-order valence-electron chi connectivity index (χ1n) is 10.3. The Kier molecular flexibility index (Phi) is 7.83. The number of benzene rings is 2. The minimum Gasteiger partial charge on any atom is -0.491 e. The van der Waals surface area contributed by atoms with Crippen LogP contribution in [0.3, 0.4) is 0 Å². The predicted molar refractivity (Wildman–Crippen MR) is 119 cm³/mol. The number of piperazine rings is 1. The van der Waals surface area contributed by atoms with Crippen LogP contribution in [0.15, 0.2) is 36.4 Å². The van der Waals surface area contributed by atoms with Gasteiger partial charge in [0.25, 0.3) is 0 Å². The van der Waals surface area contributed by atoms with Gasteiger partial charge in [0, 0.05) is 39.3 Å². The van der Waals surface area contributed by atoms with Crippen LogP contribution >= 0.6 is 12.4 Å². The molecule has 0 saturated carbocycles. The van der Waals surface area contributed by atoms with Crippen molar-refractivity contribution in [1.29, 1.82) is 0 Å². The number of aliphatic hydroxyl groups is 1. The lowest BCUT2D eigenvalue weighted by Crippen LogP contribution is -2.48. The van der Waals surface area contributed by atoms with Crippen LogP contribution in [0, 0.1) is 13.8 Å². The van der Waals surface area contributed by atoms with Crippen LogP contribution in [-0.4, -0.2) is 67.1 Å². The summed E-state index contributed by atoms with van der Waals surface area (Å²) in [4.78, 5) is 4.75. The first-order chi connectivity index (χ1) is 14.0. The molecule has 0 bridgehead atoms. The van der Waals surface area contributed by atoms with Crippen molar-refractivity contribution >= 4 is 12.4 Å². The largest absolute Gasteiger partial charge is 0.491 e. The van der Waals surface area contributed by atoms with Gasteiger partial charge in [-0.05, 0) is 54.8 Å². The van der Waals surface area contributed by atoms with Gasteiger partial charge in [0.05, 0.1) is 0 Å². The van der Waals surface area contributed by atoms with Gasteiger partial charge >= 0.3 is 0 Å². The Balaban J connectivity index is 0.00000256. The molecule has 1 N–H and O–H groups in total. The number of aliphatic hydroxyl groups excluding tert-OH is 1. The summed E-state index contributed by atoms with van der Waals surface area (Å²) >= 11 is 0. The van der Waals surface area contributed by atoms with Crippen LogP contribution in [0.4, 0.5) is 0 Å². The second-order valence-electron chi connectivity index (χ2n) is 8.05. The molecule has 1 atom stereocenters. The molecule has 0 aromatic heterocycles. The molecule has 30 heavy (non-hydrogen) atoms. The highest BCUT2D eigenvalue weighted by molar-refractivity contribution is 5.85. The van der Waals surface area contributed by atoms with Crippen LogP contribution < -0.4 is 14.2 Å². The van der Waals surface area contributed by atoms with E-state index in [1.54, 1.807) is 0 Å². The van der Waals surface area contributed by atoms with Gasteiger partial charge in [-0.25, -0.2) is 0 Å². The van der Waals surface area contributed by atoms with E-state index in [1.807, 2.05) is 18.2 Å².